The summed E-state index contributed by atoms with van der Waals surface area (Å²) in [7, 11) is 5.95. The highest BCUT2D eigenvalue weighted by Crippen LogP contribution is 2.31. The Morgan fingerprint density at radius 1 is 0.575 bits per heavy atom. The van der Waals surface area contributed by atoms with Crippen molar-refractivity contribution < 1.29 is 9.47 Å². The quantitative estimate of drug-likeness (QED) is 0.312. The van der Waals surface area contributed by atoms with Crippen LogP contribution in [0.15, 0.2) is 43.4 Å². The third kappa shape index (κ3) is 3.94. The molecule has 0 bridgehead atoms. The standard InChI is InChI=1S/C26H30N8O6/c1-13(2)33-17-19(29(5)25(37)31(7)21(17)35)27-23(33)39-15-9-11-16(12-10-15)40-24-28-20-18(34(24)14(3)4)22(36)32(8)26(38)30(20)6/h9-14H,1-8H3. The molecule has 0 fully saturated rings. The van der Waals surface area contributed by atoms with Gasteiger partial charge in [0.15, 0.2) is 22.3 Å². The molecule has 14 heteroatoms. The van der Waals surface area contributed by atoms with Crippen molar-refractivity contribution in [2.24, 2.45) is 28.2 Å². The maximum absolute atomic E-state index is 12.9. The second kappa shape index (κ2) is 9.39. The Balaban J connectivity index is 1.52. The molecule has 14 nitrogen and oxygen atoms in total. The van der Waals surface area contributed by atoms with Crippen molar-refractivity contribution in [2.45, 2.75) is 39.8 Å². The van der Waals surface area contributed by atoms with E-state index in [9.17, 15) is 19.2 Å². The summed E-state index contributed by atoms with van der Waals surface area (Å²) in [6.45, 7) is 7.55. The molecule has 0 atom stereocenters. The van der Waals surface area contributed by atoms with E-state index in [1.165, 1.54) is 23.2 Å². The van der Waals surface area contributed by atoms with E-state index >= 15 is 0 Å². The maximum atomic E-state index is 12.9. The van der Waals surface area contributed by atoms with E-state index in [2.05, 4.69) is 9.97 Å². The summed E-state index contributed by atoms with van der Waals surface area (Å²) < 4.78 is 20.1. The van der Waals surface area contributed by atoms with Crippen LogP contribution in [0.5, 0.6) is 23.5 Å². The van der Waals surface area contributed by atoms with Gasteiger partial charge in [-0.05, 0) is 52.0 Å². The molecule has 0 saturated carbocycles. The molecular weight excluding hydrogens is 520 g/mol. The number of rotatable bonds is 6. The average molecular weight is 551 g/mol. The zero-order valence-corrected chi connectivity index (χ0v) is 23.5. The second-order valence-corrected chi connectivity index (χ2v) is 10.1. The number of ether oxygens (including phenoxy) is 2. The monoisotopic (exact) mass is 550 g/mol. The van der Waals surface area contributed by atoms with Crippen molar-refractivity contribution in [3.63, 3.8) is 0 Å². The largest absolute Gasteiger partial charge is 0.425 e. The smallest absolute Gasteiger partial charge is 0.332 e. The first-order chi connectivity index (χ1) is 18.8. The summed E-state index contributed by atoms with van der Waals surface area (Å²) in [5.74, 6) is 0.833. The highest BCUT2D eigenvalue weighted by molar-refractivity contribution is 5.73. The van der Waals surface area contributed by atoms with Gasteiger partial charge in [0.1, 0.15) is 11.5 Å². The number of imidazole rings is 2. The normalized spacial score (nSPS) is 11.8. The third-order valence-electron chi connectivity index (χ3n) is 6.79. The Morgan fingerprint density at radius 2 is 0.900 bits per heavy atom. The van der Waals surface area contributed by atoms with Crippen LogP contribution in [0.2, 0.25) is 0 Å². The van der Waals surface area contributed by atoms with Crippen LogP contribution >= 0.6 is 0 Å². The van der Waals surface area contributed by atoms with Gasteiger partial charge in [-0.15, -0.1) is 0 Å². The first-order valence-electron chi connectivity index (χ1n) is 12.6. The minimum Gasteiger partial charge on any atom is -0.425 e. The Morgan fingerprint density at radius 3 is 1.20 bits per heavy atom. The van der Waals surface area contributed by atoms with E-state index in [-0.39, 0.29) is 46.4 Å². The molecule has 0 N–H and O–H groups in total. The highest BCUT2D eigenvalue weighted by atomic mass is 16.5. The van der Waals surface area contributed by atoms with Crippen molar-refractivity contribution in [1.82, 2.24) is 37.4 Å². The Hall–Kier alpha value is -4.88. The SMILES string of the molecule is CC(C)n1c(Oc2ccc(Oc3nc4c(c(=O)n(C)c(=O)n4C)n3C(C)C)cc2)nc2c1c(=O)n(C)c(=O)n2C. The zero-order chi connectivity index (χ0) is 29.2. The summed E-state index contributed by atoms with van der Waals surface area (Å²) in [5, 5.41) is 0. The van der Waals surface area contributed by atoms with Crippen molar-refractivity contribution in [3.8, 4) is 23.5 Å². The van der Waals surface area contributed by atoms with Crippen LogP contribution in [0.4, 0.5) is 0 Å². The minimum absolute atomic E-state index is 0.162. The topological polar surface area (TPSA) is 142 Å². The molecule has 0 amide bonds. The van der Waals surface area contributed by atoms with Gasteiger partial charge in [0.25, 0.3) is 11.1 Å². The van der Waals surface area contributed by atoms with Crippen LogP contribution in [-0.4, -0.2) is 37.4 Å². The molecule has 5 rings (SSSR count). The first-order valence-corrected chi connectivity index (χ1v) is 12.6. The molecule has 0 saturated heterocycles. The molecule has 4 aromatic heterocycles. The minimum atomic E-state index is -0.482. The van der Waals surface area contributed by atoms with E-state index in [0.29, 0.717) is 11.5 Å². The van der Waals surface area contributed by atoms with Crippen molar-refractivity contribution in [2.75, 3.05) is 0 Å². The van der Waals surface area contributed by atoms with E-state index < -0.39 is 22.5 Å². The molecule has 0 spiro atoms. The third-order valence-corrected chi connectivity index (χ3v) is 6.79. The van der Waals surface area contributed by atoms with Crippen LogP contribution < -0.4 is 32.0 Å². The predicted octanol–water partition coefficient (Wildman–Crippen LogP) is 1.93. The summed E-state index contributed by atoms with van der Waals surface area (Å²) in [5.41, 5.74) is -0.898. The fourth-order valence-electron chi connectivity index (χ4n) is 4.68. The summed E-state index contributed by atoms with van der Waals surface area (Å²) >= 11 is 0. The average Bonchev–Trinajstić information content (AvgIpc) is 3.49. The van der Waals surface area contributed by atoms with Gasteiger partial charge in [0, 0.05) is 40.3 Å². The molecular formula is C26H30N8O6. The van der Waals surface area contributed by atoms with Gasteiger partial charge < -0.3 is 9.47 Å². The lowest BCUT2D eigenvalue weighted by Gasteiger charge is -2.14. The molecule has 5 aromatic rings. The van der Waals surface area contributed by atoms with Gasteiger partial charge in [-0.2, -0.15) is 9.97 Å². The van der Waals surface area contributed by atoms with Crippen LogP contribution in [0.25, 0.3) is 22.3 Å². The van der Waals surface area contributed by atoms with Crippen molar-refractivity contribution >= 4 is 22.3 Å². The lowest BCUT2D eigenvalue weighted by Crippen LogP contribution is -2.37. The van der Waals surface area contributed by atoms with Crippen LogP contribution in [0.1, 0.15) is 39.8 Å². The molecule has 0 aliphatic heterocycles. The highest BCUT2D eigenvalue weighted by Gasteiger charge is 2.24. The Kier molecular flexibility index (Phi) is 6.27. The van der Waals surface area contributed by atoms with Gasteiger partial charge in [-0.3, -0.25) is 37.0 Å². The maximum Gasteiger partial charge on any atom is 0.332 e. The van der Waals surface area contributed by atoms with E-state index in [0.717, 1.165) is 9.13 Å². The fourth-order valence-corrected chi connectivity index (χ4v) is 4.68. The van der Waals surface area contributed by atoms with Crippen LogP contribution in [0, 0.1) is 0 Å². The van der Waals surface area contributed by atoms with E-state index in [1.54, 1.807) is 47.5 Å². The van der Waals surface area contributed by atoms with Crippen molar-refractivity contribution in [1.29, 1.82) is 0 Å². The molecule has 4 heterocycles. The van der Waals surface area contributed by atoms with Gasteiger partial charge in [0.05, 0.1) is 0 Å². The number of fused-ring (bicyclic) bond motifs is 2. The molecule has 0 aliphatic rings. The molecule has 40 heavy (non-hydrogen) atoms. The number of nitrogens with zero attached hydrogens (tertiary/aromatic N) is 8. The summed E-state index contributed by atoms with van der Waals surface area (Å²) in [6.07, 6.45) is 0. The van der Waals surface area contributed by atoms with E-state index in [4.69, 9.17) is 9.47 Å². The van der Waals surface area contributed by atoms with Gasteiger partial charge in [0.2, 0.25) is 0 Å². The lowest BCUT2D eigenvalue weighted by atomic mass is 10.3. The number of hydrogen-bond acceptors (Lipinski definition) is 8. The van der Waals surface area contributed by atoms with E-state index in [1.807, 2.05) is 27.7 Å². The second-order valence-electron chi connectivity index (χ2n) is 10.1. The number of aromatic nitrogens is 8. The lowest BCUT2D eigenvalue weighted by molar-refractivity contribution is 0.391. The van der Waals surface area contributed by atoms with Crippen LogP contribution in [-0.2, 0) is 28.2 Å². The molecule has 0 aliphatic carbocycles. The summed E-state index contributed by atoms with van der Waals surface area (Å²) in [6, 6.07) is 6.61. The van der Waals surface area contributed by atoms with Crippen LogP contribution in [0.3, 0.4) is 0 Å². The zero-order valence-electron chi connectivity index (χ0n) is 23.5. The summed E-state index contributed by atoms with van der Waals surface area (Å²) in [4.78, 5) is 59.5. The number of hydrogen-bond donors (Lipinski definition) is 0. The fraction of sp³-hybridized carbons (Fsp3) is 0.385. The predicted molar refractivity (Wildman–Crippen MR) is 148 cm³/mol. The Labute approximate surface area is 226 Å². The molecule has 210 valence electrons. The van der Waals surface area contributed by atoms with Gasteiger partial charge >= 0.3 is 23.4 Å². The molecule has 0 unspecified atom stereocenters. The number of aryl methyl sites for hydroxylation is 2. The molecule has 0 radical (unpaired) electrons. The van der Waals surface area contributed by atoms with Gasteiger partial charge in [-0.25, -0.2) is 9.59 Å². The molecule has 1 aromatic carbocycles. The Bertz CT molecular complexity index is 1890. The van der Waals surface area contributed by atoms with Crippen molar-refractivity contribution in [3.05, 3.63) is 65.9 Å². The number of benzene rings is 1. The van der Waals surface area contributed by atoms with Gasteiger partial charge in [-0.1, -0.05) is 0 Å². The first kappa shape index (κ1) is 26.7.